The molecular formula is C16H14N4OS. The van der Waals surface area contributed by atoms with Crippen molar-refractivity contribution in [1.82, 2.24) is 20.3 Å². The molecule has 3 aromatic heterocycles. The van der Waals surface area contributed by atoms with E-state index in [-0.39, 0.29) is 5.91 Å². The van der Waals surface area contributed by atoms with Crippen LogP contribution in [0.1, 0.15) is 21.7 Å². The highest BCUT2D eigenvalue weighted by Crippen LogP contribution is 2.23. The lowest BCUT2D eigenvalue weighted by molar-refractivity contribution is 0.0945. The quantitative estimate of drug-likeness (QED) is 0.804. The molecule has 0 spiro atoms. The minimum atomic E-state index is -0.243. The molecule has 1 amide bonds. The summed E-state index contributed by atoms with van der Waals surface area (Å²) in [5, 5.41) is 6.91. The summed E-state index contributed by atoms with van der Waals surface area (Å²) in [6.07, 6.45) is 4.81. The Morgan fingerprint density at radius 2 is 2.14 bits per heavy atom. The average molecular weight is 310 g/mol. The van der Waals surface area contributed by atoms with E-state index in [1.54, 1.807) is 23.7 Å². The molecule has 0 bridgehead atoms. The summed E-state index contributed by atoms with van der Waals surface area (Å²) in [6.45, 7) is 2.23. The summed E-state index contributed by atoms with van der Waals surface area (Å²) in [5.74, 6) is -0.243. The molecule has 0 unspecified atom stereocenters. The van der Waals surface area contributed by atoms with Crippen LogP contribution in [0.25, 0.3) is 11.3 Å². The molecule has 0 aliphatic heterocycles. The number of carbonyl (C=O) groups excluding carboxylic acids is 1. The van der Waals surface area contributed by atoms with Crippen molar-refractivity contribution in [3.8, 4) is 11.3 Å². The molecule has 0 radical (unpaired) electrons. The first-order valence-corrected chi connectivity index (χ1v) is 7.71. The second-order valence-electron chi connectivity index (χ2n) is 4.75. The Kier molecular flexibility index (Phi) is 4.20. The van der Waals surface area contributed by atoms with E-state index in [1.807, 2.05) is 35.9 Å². The summed E-state index contributed by atoms with van der Waals surface area (Å²) in [5.41, 5.74) is 4.01. The first kappa shape index (κ1) is 14.3. The summed E-state index contributed by atoms with van der Waals surface area (Å²) < 4.78 is 0. The monoisotopic (exact) mass is 310 g/mol. The maximum atomic E-state index is 12.1. The second kappa shape index (κ2) is 6.44. The predicted octanol–water partition coefficient (Wildman–Crippen LogP) is 2.84. The highest BCUT2D eigenvalue weighted by atomic mass is 32.1. The van der Waals surface area contributed by atoms with Gasteiger partial charge in [-0.05, 0) is 30.0 Å². The van der Waals surface area contributed by atoms with Crippen molar-refractivity contribution in [3.63, 3.8) is 0 Å². The lowest BCUT2D eigenvalue weighted by Gasteiger charge is -2.08. The number of nitrogens with one attached hydrogen (secondary N) is 1. The van der Waals surface area contributed by atoms with Crippen LogP contribution in [-0.2, 0) is 6.54 Å². The van der Waals surface area contributed by atoms with E-state index >= 15 is 0 Å². The van der Waals surface area contributed by atoms with Gasteiger partial charge in [-0.15, -0.1) is 0 Å². The first-order valence-electron chi connectivity index (χ1n) is 6.77. The lowest BCUT2D eigenvalue weighted by atomic mass is 10.1. The molecular weight excluding hydrogens is 296 g/mol. The molecule has 3 heterocycles. The standard InChI is InChI=1S/C16H14N4OS/c1-11-7-19-14(9-18-11)16(21)20-8-12-3-2-5-17-15(12)13-4-6-22-10-13/h2-7,9-10H,8H2,1H3,(H,20,21). The van der Waals surface area contributed by atoms with Gasteiger partial charge in [-0.3, -0.25) is 14.8 Å². The molecule has 3 rings (SSSR count). The van der Waals surface area contributed by atoms with Crippen molar-refractivity contribution in [3.05, 3.63) is 64.5 Å². The Hall–Kier alpha value is -2.60. The summed E-state index contributed by atoms with van der Waals surface area (Å²) in [7, 11) is 0. The zero-order chi connectivity index (χ0) is 15.4. The molecule has 0 fully saturated rings. The topological polar surface area (TPSA) is 67.8 Å². The van der Waals surface area contributed by atoms with Crippen molar-refractivity contribution in [2.24, 2.45) is 0 Å². The molecule has 6 heteroatoms. The van der Waals surface area contributed by atoms with Crippen LogP contribution in [0.5, 0.6) is 0 Å². The molecule has 0 aromatic carbocycles. The van der Waals surface area contributed by atoms with Gasteiger partial charge in [0.15, 0.2) is 0 Å². The van der Waals surface area contributed by atoms with Crippen LogP contribution in [0, 0.1) is 6.92 Å². The minimum absolute atomic E-state index is 0.243. The molecule has 22 heavy (non-hydrogen) atoms. The van der Waals surface area contributed by atoms with Crippen LogP contribution in [0.2, 0.25) is 0 Å². The Bertz CT molecular complexity index is 769. The fourth-order valence-corrected chi connectivity index (χ4v) is 2.66. The third-order valence-electron chi connectivity index (χ3n) is 3.14. The molecule has 0 atom stereocenters. The number of hydrogen-bond donors (Lipinski definition) is 1. The Morgan fingerprint density at radius 3 is 2.86 bits per heavy atom. The number of thiophene rings is 1. The van der Waals surface area contributed by atoms with Gasteiger partial charge in [0.2, 0.25) is 0 Å². The second-order valence-corrected chi connectivity index (χ2v) is 5.53. The number of nitrogens with zero attached hydrogens (tertiary/aromatic N) is 3. The maximum Gasteiger partial charge on any atom is 0.271 e. The Balaban J connectivity index is 1.74. The molecule has 0 saturated carbocycles. The summed E-state index contributed by atoms with van der Waals surface area (Å²) in [4.78, 5) is 24.7. The van der Waals surface area contributed by atoms with Crippen molar-refractivity contribution in [1.29, 1.82) is 0 Å². The SMILES string of the molecule is Cc1cnc(C(=O)NCc2cccnc2-c2ccsc2)cn1. The highest BCUT2D eigenvalue weighted by molar-refractivity contribution is 7.08. The van der Waals surface area contributed by atoms with Gasteiger partial charge in [-0.25, -0.2) is 4.98 Å². The Morgan fingerprint density at radius 1 is 1.23 bits per heavy atom. The zero-order valence-corrected chi connectivity index (χ0v) is 12.8. The van der Waals surface area contributed by atoms with E-state index in [2.05, 4.69) is 20.3 Å². The van der Waals surface area contributed by atoms with Crippen LogP contribution in [0.4, 0.5) is 0 Å². The number of carbonyl (C=O) groups is 1. The van der Waals surface area contributed by atoms with E-state index in [0.29, 0.717) is 12.2 Å². The van der Waals surface area contributed by atoms with Gasteiger partial charge in [0.05, 0.1) is 17.6 Å². The Labute approximate surface area is 132 Å². The fourth-order valence-electron chi connectivity index (χ4n) is 2.02. The predicted molar refractivity (Wildman–Crippen MR) is 85.5 cm³/mol. The van der Waals surface area contributed by atoms with Gasteiger partial charge in [-0.2, -0.15) is 11.3 Å². The maximum absolute atomic E-state index is 12.1. The van der Waals surface area contributed by atoms with Gasteiger partial charge in [-0.1, -0.05) is 6.07 Å². The van der Waals surface area contributed by atoms with E-state index in [9.17, 15) is 4.79 Å². The van der Waals surface area contributed by atoms with E-state index in [0.717, 1.165) is 22.5 Å². The molecule has 5 nitrogen and oxygen atoms in total. The molecule has 0 aliphatic carbocycles. The van der Waals surface area contributed by atoms with Gasteiger partial charge in [0.1, 0.15) is 5.69 Å². The van der Waals surface area contributed by atoms with Gasteiger partial charge < -0.3 is 5.32 Å². The largest absolute Gasteiger partial charge is 0.346 e. The summed E-state index contributed by atoms with van der Waals surface area (Å²) in [6, 6.07) is 5.84. The molecule has 110 valence electrons. The number of amides is 1. The fraction of sp³-hybridized carbons (Fsp3) is 0.125. The minimum Gasteiger partial charge on any atom is -0.346 e. The lowest BCUT2D eigenvalue weighted by Crippen LogP contribution is -2.24. The highest BCUT2D eigenvalue weighted by Gasteiger charge is 2.10. The van der Waals surface area contributed by atoms with Gasteiger partial charge in [0.25, 0.3) is 5.91 Å². The van der Waals surface area contributed by atoms with Crippen molar-refractivity contribution < 1.29 is 4.79 Å². The van der Waals surface area contributed by atoms with Crippen LogP contribution in [-0.4, -0.2) is 20.9 Å². The van der Waals surface area contributed by atoms with E-state index < -0.39 is 0 Å². The average Bonchev–Trinajstić information content (AvgIpc) is 3.08. The smallest absolute Gasteiger partial charge is 0.271 e. The number of aromatic nitrogens is 3. The zero-order valence-electron chi connectivity index (χ0n) is 12.0. The molecule has 3 aromatic rings. The van der Waals surface area contributed by atoms with Crippen LogP contribution in [0.15, 0.2) is 47.5 Å². The molecule has 1 N–H and O–H groups in total. The van der Waals surface area contributed by atoms with E-state index in [1.165, 1.54) is 6.20 Å². The summed E-state index contributed by atoms with van der Waals surface area (Å²) >= 11 is 1.62. The number of hydrogen-bond acceptors (Lipinski definition) is 5. The van der Waals surface area contributed by atoms with Crippen LogP contribution < -0.4 is 5.32 Å². The molecule has 0 aliphatic rings. The van der Waals surface area contributed by atoms with E-state index in [4.69, 9.17) is 0 Å². The van der Waals surface area contributed by atoms with Crippen molar-refractivity contribution >= 4 is 17.2 Å². The number of aryl methyl sites for hydroxylation is 1. The molecule has 0 saturated heterocycles. The third kappa shape index (κ3) is 3.17. The van der Waals surface area contributed by atoms with Crippen molar-refractivity contribution in [2.75, 3.05) is 0 Å². The number of rotatable bonds is 4. The first-order chi connectivity index (χ1) is 10.7. The third-order valence-corrected chi connectivity index (χ3v) is 3.82. The van der Waals surface area contributed by atoms with Crippen molar-refractivity contribution in [2.45, 2.75) is 13.5 Å². The van der Waals surface area contributed by atoms with Gasteiger partial charge >= 0.3 is 0 Å². The van der Waals surface area contributed by atoms with Crippen LogP contribution >= 0.6 is 11.3 Å². The van der Waals surface area contributed by atoms with Gasteiger partial charge in [0, 0.05) is 29.9 Å². The van der Waals surface area contributed by atoms with Crippen LogP contribution in [0.3, 0.4) is 0 Å². The number of pyridine rings is 1. The normalized spacial score (nSPS) is 10.4.